The predicted octanol–water partition coefficient (Wildman–Crippen LogP) is 17.5. The molecule has 60 heavy (non-hydrogen) atoms. The van der Waals surface area contributed by atoms with Crippen molar-refractivity contribution in [2.24, 2.45) is 130 Å². The van der Waals surface area contributed by atoms with Crippen molar-refractivity contribution in [3.05, 3.63) is 0 Å². The second-order valence-corrected chi connectivity index (χ2v) is 26.7. The minimum absolute atomic E-state index is 1.10. The zero-order chi connectivity index (χ0) is 39.6. The SMILES string of the molecule is C1CCC(C2C3CCCCC3C(C3CCCC4CCCCC43)C3CC(C4CCC5C(C4)C(C4CCCC6CCCCC64)C4CCCCC4C5C4CCCCC4)CCC32)CC1. The van der Waals surface area contributed by atoms with E-state index < -0.39 is 0 Å². The molecule has 0 aromatic carbocycles. The van der Waals surface area contributed by atoms with Crippen LogP contribution in [-0.2, 0) is 0 Å². The van der Waals surface area contributed by atoms with Gasteiger partial charge in [-0.3, -0.25) is 0 Å². The monoisotopic (exact) mass is 819 g/mol. The average molecular weight is 819 g/mol. The van der Waals surface area contributed by atoms with Crippen LogP contribution in [-0.4, -0.2) is 0 Å². The van der Waals surface area contributed by atoms with Gasteiger partial charge < -0.3 is 0 Å². The maximum absolute atomic E-state index is 1.73. The van der Waals surface area contributed by atoms with Crippen LogP contribution in [0.5, 0.6) is 0 Å². The third-order valence-electron chi connectivity index (χ3n) is 25.0. The van der Waals surface area contributed by atoms with Gasteiger partial charge in [0.1, 0.15) is 0 Å². The molecule has 0 spiro atoms. The van der Waals surface area contributed by atoms with Crippen molar-refractivity contribution in [3.8, 4) is 0 Å². The van der Waals surface area contributed by atoms with E-state index in [0.717, 1.165) is 130 Å². The standard InChI is InChI=1S/C60H98/c1-3-19-41(20-4-1)57-49-27-11-13-29-51(49)59(47-31-15-23-39-17-7-9-25-45(39)47)55-37-43(33-35-53(55)57)44-34-36-54-56(38-44)60(48-32-16-24-40-18-8-10-26-46(40)48)52-30-14-12-28-50(52)58(54)42-21-5-2-6-22-42/h39-60H,1-38H2. The zero-order valence-corrected chi connectivity index (χ0v) is 39.6. The Bertz CT molecular complexity index is 1270. The summed E-state index contributed by atoms with van der Waals surface area (Å²) in [5.74, 6) is 24.7. The van der Waals surface area contributed by atoms with Crippen LogP contribution in [0.15, 0.2) is 0 Å². The summed E-state index contributed by atoms with van der Waals surface area (Å²) in [5.41, 5.74) is 0. The van der Waals surface area contributed by atoms with Crippen LogP contribution < -0.4 is 0 Å². The Morgan fingerprint density at radius 1 is 0.133 bits per heavy atom. The van der Waals surface area contributed by atoms with Gasteiger partial charge in [-0.1, -0.05) is 154 Å². The first-order valence-electron chi connectivity index (χ1n) is 29.8. The summed E-state index contributed by atoms with van der Waals surface area (Å²) in [5, 5.41) is 0. The Morgan fingerprint density at radius 2 is 0.400 bits per heavy atom. The molecule has 0 N–H and O–H groups in total. The normalized spacial score (nSPS) is 53.0. The maximum atomic E-state index is 1.73. The quantitative estimate of drug-likeness (QED) is 0.259. The highest BCUT2D eigenvalue weighted by Gasteiger charge is 2.60. The van der Waals surface area contributed by atoms with E-state index >= 15 is 0 Å². The van der Waals surface area contributed by atoms with E-state index in [0.29, 0.717) is 0 Å². The van der Waals surface area contributed by atoms with Gasteiger partial charge in [0, 0.05) is 0 Å². The number of fused-ring (bicyclic) bond motifs is 6. The van der Waals surface area contributed by atoms with Crippen LogP contribution in [0.2, 0.25) is 0 Å². The topological polar surface area (TPSA) is 0 Å². The molecular weight excluding hydrogens is 721 g/mol. The second-order valence-electron chi connectivity index (χ2n) is 26.7. The molecule has 338 valence electrons. The van der Waals surface area contributed by atoms with Crippen LogP contribution in [0, 0.1) is 130 Å². The lowest BCUT2D eigenvalue weighted by atomic mass is 9.41. The third kappa shape index (κ3) is 7.55. The Labute approximate surface area is 372 Å². The Morgan fingerprint density at radius 3 is 0.817 bits per heavy atom. The lowest BCUT2D eigenvalue weighted by Crippen LogP contribution is -2.57. The van der Waals surface area contributed by atoms with Gasteiger partial charge >= 0.3 is 0 Å². The molecule has 0 amide bonds. The van der Waals surface area contributed by atoms with Crippen molar-refractivity contribution in [3.63, 3.8) is 0 Å². The van der Waals surface area contributed by atoms with Gasteiger partial charge in [-0.15, -0.1) is 0 Å². The molecule has 0 aromatic rings. The van der Waals surface area contributed by atoms with Crippen LogP contribution in [0.3, 0.4) is 0 Å². The Kier molecular flexibility index (Phi) is 12.7. The van der Waals surface area contributed by atoms with Gasteiger partial charge in [0.15, 0.2) is 0 Å². The molecule has 0 aromatic heterocycles. The minimum atomic E-state index is 1.10. The number of hydrogen-bond donors (Lipinski definition) is 0. The van der Waals surface area contributed by atoms with Gasteiger partial charge in [-0.2, -0.15) is 0 Å². The second kappa shape index (κ2) is 18.4. The van der Waals surface area contributed by atoms with Gasteiger partial charge in [-0.25, -0.2) is 0 Å². The number of hydrogen-bond acceptors (Lipinski definition) is 0. The highest BCUT2D eigenvalue weighted by Crippen LogP contribution is 2.68. The van der Waals surface area contributed by atoms with Crippen LogP contribution in [0.25, 0.3) is 0 Å². The van der Waals surface area contributed by atoms with Crippen LogP contribution >= 0.6 is 0 Å². The fourth-order valence-corrected chi connectivity index (χ4v) is 23.4. The van der Waals surface area contributed by atoms with Crippen molar-refractivity contribution in [1.29, 1.82) is 0 Å². The molecule has 0 heteroatoms. The van der Waals surface area contributed by atoms with Crippen molar-refractivity contribution >= 4 is 0 Å². The van der Waals surface area contributed by atoms with Gasteiger partial charge in [0.05, 0.1) is 0 Å². The van der Waals surface area contributed by atoms with Crippen molar-refractivity contribution in [1.82, 2.24) is 0 Å². The summed E-state index contributed by atoms with van der Waals surface area (Å²) >= 11 is 0. The molecule has 0 bridgehead atoms. The first-order chi connectivity index (χ1) is 29.8. The van der Waals surface area contributed by atoms with E-state index in [1.807, 2.05) is 0 Å². The van der Waals surface area contributed by atoms with Gasteiger partial charge in [0.25, 0.3) is 0 Å². The van der Waals surface area contributed by atoms with E-state index in [-0.39, 0.29) is 0 Å². The van der Waals surface area contributed by atoms with Crippen LogP contribution in [0.1, 0.15) is 244 Å². The first kappa shape index (κ1) is 41.4. The summed E-state index contributed by atoms with van der Waals surface area (Å²) in [6, 6.07) is 0. The average Bonchev–Trinajstić information content (AvgIpc) is 3.32. The van der Waals surface area contributed by atoms with Gasteiger partial charge in [-0.05, 0) is 220 Å². The molecular formula is C60H98. The highest BCUT2D eigenvalue weighted by atomic mass is 14.7. The zero-order valence-electron chi connectivity index (χ0n) is 39.6. The summed E-state index contributed by atoms with van der Waals surface area (Å²) in [4.78, 5) is 0. The Balaban J connectivity index is 0.873. The summed E-state index contributed by atoms with van der Waals surface area (Å²) in [7, 11) is 0. The summed E-state index contributed by atoms with van der Waals surface area (Å²) < 4.78 is 0. The smallest absolute Gasteiger partial charge is 0.0321 e. The van der Waals surface area contributed by atoms with Crippen molar-refractivity contribution in [2.75, 3.05) is 0 Å². The minimum Gasteiger partial charge on any atom is -0.0533 e. The molecule has 0 aliphatic heterocycles. The lowest BCUT2D eigenvalue weighted by molar-refractivity contribution is -0.152. The predicted molar refractivity (Wildman–Crippen MR) is 252 cm³/mol. The molecule has 0 heterocycles. The molecule has 12 aliphatic carbocycles. The first-order valence-corrected chi connectivity index (χ1v) is 29.8. The Hall–Kier alpha value is 0. The molecule has 20 unspecified atom stereocenters. The van der Waals surface area contributed by atoms with E-state index in [4.69, 9.17) is 0 Å². The van der Waals surface area contributed by atoms with Crippen molar-refractivity contribution in [2.45, 2.75) is 244 Å². The van der Waals surface area contributed by atoms with E-state index in [2.05, 4.69) is 0 Å². The van der Waals surface area contributed by atoms with Crippen LogP contribution in [0.4, 0.5) is 0 Å². The highest BCUT2D eigenvalue weighted by molar-refractivity contribution is 5.09. The third-order valence-corrected chi connectivity index (χ3v) is 25.0. The largest absolute Gasteiger partial charge is 0.0533 e. The van der Waals surface area contributed by atoms with E-state index in [1.165, 1.54) is 0 Å². The molecule has 12 aliphatic rings. The van der Waals surface area contributed by atoms with Gasteiger partial charge in [0.2, 0.25) is 0 Å². The van der Waals surface area contributed by atoms with E-state index in [9.17, 15) is 0 Å². The summed E-state index contributed by atoms with van der Waals surface area (Å²) in [6.07, 6.45) is 61.6. The maximum Gasteiger partial charge on any atom is -0.0321 e. The molecule has 12 fully saturated rings. The molecule has 12 rings (SSSR count). The molecule has 0 saturated heterocycles. The van der Waals surface area contributed by atoms with Crippen molar-refractivity contribution < 1.29 is 0 Å². The fourth-order valence-electron chi connectivity index (χ4n) is 23.4. The molecule has 12 saturated carbocycles. The van der Waals surface area contributed by atoms with E-state index in [1.54, 1.807) is 244 Å². The molecule has 0 nitrogen and oxygen atoms in total. The summed E-state index contributed by atoms with van der Waals surface area (Å²) in [6.45, 7) is 0. The molecule has 0 radical (unpaired) electrons. The number of rotatable bonds is 5. The fraction of sp³-hybridized carbons (Fsp3) is 1.00. The molecule has 20 atom stereocenters. The lowest BCUT2D eigenvalue weighted by Gasteiger charge is -2.64.